The summed E-state index contributed by atoms with van der Waals surface area (Å²) in [5.74, 6) is 1.29. The van der Waals surface area contributed by atoms with Crippen molar-refractivity contribution in [2.75, 3.05) is 19.8 Å². The smallest absolute Gasteiger partial charge is 0.221 e. The summed E-state index contributed by atoms with van der Waals surface area (Å²) in [6.07, 6.45) is 4.97. The van der Waals surface area contributed by atoms with Gasteiger partial charge in [0.05, 0.1) is 12.3 Å². The van der Waals surface area contributed by atoms with Crippen LogP contribution in [0.2, 0.25) is 0 Å². The van der Waals surface area contributed by atoms with Gasteiger partial charge in [0.1, 0.15) is 0 Å². The molecule has 0 N–H and O–H groups in total. The molecule has 5 heteroatoms. The van der Waals surface area contributed by atoms with Gasteiger partial charge in [-0.15, -0.1) is 0 Å². The van der Waals surface area contributed by atoms with E-state index < -0.39 is 0 Å². The predicted octanol–water partition coefficient (Wildman–Crippen LogP) is 4.70. The van der Waals surface area contributed by atoms with Crippen molar-refractivity contribution in [2.45, 2.75) is 51.9 Å². The number of hydrogen-bond acceptors (Lipinski definition) is 4. The van der Waals surface area contributed by atoms with Gasteiger partial charge < -0.3 is 9.47 Å². The van der Waals surface area contributed by atoms with Crippen LogP contribution in [0.5, 0.6) is 5.88 Å². The molecule has 3 aromatic rings. The molecule has 1 saturated heterocycles. The lowest BCUT2D eigenvalue weighted by Gasteiger charge is -2.19. The van der Waals surface area contributed by atoms with Crippen molar-refractivity contribution in [1.29, 1.82) is 0 Å². The number of aromatic nitrogens is 3. The van der Waals surface area contributed by atoms with Crippen LogP contribution >= 0.6 is 0 Å². The molecule has 3 heterocycles. The molecule has 0 amide bonds. The zero-order valence-corrected chi connectivity index (χ0v) is 16.9. The minimum Gasteiger partial charge on any atom is -0.477 e. The molecule has 0 saturated carbocycles. The van der Waals surface area contributed by atoms with E-state index in [0.29, 0.717) is 12.5 Å². The van der Waals surface area contributed by atoms with Crippen LogP contribution in [0, 0.1) is 6.92 Å². The zero-order valence-electron chi connectivity index (χ0n) is 16.9. The first-order chi connectivity index (χ1) is 13.8. The van der Waals surface area contributed by atoms with Crippen molar-refractivity contribution in [3.63, 3.8) is 0 Å². The summed E-state index contributed by atoms with van der Waals surface area (Å²) in [5, 5.41) is 4.93. The Morgan fingerprint density at radius 1 is 1.18 bits per heavy atom. The first-order valence-electron chi connectivity index (χ1n) is 10.4. The lowest BCUT2D eigenvalue weighted by molar-refractivity contribution is 0.0844. The quantitative estimate of drug-likeness (QED) is 0.558. The van der Waals surface area contributed by atoms with E-state index in [-0.39, 0.29) is 0 Å². The minimum absolute atomic E-state index is 0.442. The highest BCUT2D eigenvalue weighted by Gasteiger charge is 2.22. The molecule has 0 spiro atoms. The second kappa shape index (κ2) is 8.74. The van der Waals surface area contributed by atoms with Crippen molar-refractivity contribution >= 4 is 5.65 Å². The molecule has 4 rings (SSSR count). The highest BCUT2D eigenvalue weighted by atomic mass is 16.5. The molecule has 28 heavy (non-hydrogen) atoms. The summed E-state index contributed by atoms with van der Waals surface area (Å²) < 4.78 is 13.7. The Kier molecular flexibility index (Phi) is 5.91. The summed E-state index contributed by atoms with van der Waals surface area (Å²) in [5.41, 5.74) is 5.37. The van der Waals surface area contributed by atoms with E-state index in [9.17, 15) is 0 Å². The summed E-state index contributed by atoms with van der Waals surface area (Å²) in [6, 6.07) is 12.6. The number of nitrogens with zero attached hydrogens (tertiary/aromatic N) is 3. The van der Waals surface area contributed by atoms with Gasteiger partial charge in [-0.05, 0) is 31.7 Å². The summed E-state index contributed by atoms with van der Waals surface area (Å²) >= 11 is 0. The summed E-state index contributed by atoms with van der Waals surface area (Å²) in [7, 11) is 0. The monoisotopic (exact) mass is 379 g/mol. The van der Waals surface area contributed by atoms with E-state index in [0.717, 1.165) is 73.8 Å². The van der Waals surface area contributed by atoms with E-state index in [1.54, 1.807) is 0 Å². The van der Waals surface area contributed by atoms with Crippen molar-refractivity contribution in [3.8, 4) is 5.88 Å². The van der Waals surface area contributed by atoms with Crippen LogP contribution in [0.15, 0.2) is 36.4 Å². The van der Waals surface area contributed by atoms with Gasteiger partial charge in [0.25, 0.3) is 0 Å². The van der Waals surface area contributed by atoms with Crippen molar-refractivity contribution < 1.29 is 9.47 Å². The Balaban J connectivity index is 1.75. The lowest BCUT2D eigenvalue weighted by Crippen LogP contribution is -2.14. The third-order valence-electron chi connectivity index (χ3n) is 5.48. The highest BCUT2D eigenvalue weighted by molar-refractivity contribution is 5.49. The Labute approximate surface area is 166 Å². The zero-order chi connectivity index (χ0) is 19.3. The maximum absolute atomic E-state index is 6.28. The Morgan fingerprint density at radius 3 is 2.71 bits per heavy atom. The Morgan fingerprint density at radius 2 is 1.96 bits per heavy atom. The van der Waals surface area contributed by atoms with Crippen molar-refractivity contribution in [3.05, 3.63) is 58.9 Å². The Bertz CT molecular complexity index is 914. The number of ether oxygens (including phenoxy) is 2. The van der Waals surface area contributed by atoms with E-state index in [4.69, 9.17) is 19.6 Å². The largest absolute Gasteiger partial charge is 0.477 e. The van der Waals surface area contributed by atoms with Crippen LogP contribution in [0.1, 0.15) is 61.0 Å². The fraction of sp³-hybridized carbons (Fsp3) is 0.478. The van der Waals surface area contributed by atoms with E-state index >= 15 is 0 Å². The van der Waals surface area contributed by atoms with Gasteiger partial charge in [-0.25, -0.2) is 4.98 Å². The molecule has 2 aromatic heterocycles. The molecule has 0 unspecified atom stereocenters. The van der Waals surface area contributed by atoms with Gasteiger partial charge in [0, 0.05) is 42.9 Å². The van der Waals surface area contributed by atoms with Crippen LogP contribution < -0.4 is 4.74 Å². The number of hydrogen-bond donors (Lipinski definition) is 0. The topological polar surface area (TPSA) is 48.7 Å². The van der Waals surface area contributed by atoms with Gasteiger partial charge in [-0.2, -0.15) is 9.61 Å². The van der Waals surface area contributed by atoms with Gasteiger partial charge in [0.15, 0.2) is 5.65 Å². The third-order valence-corrected chi connectivity index (χ3v) is 5.48. The van der Waals surface area contributed by atoms with Crippen LogP contribution in [0.3, 0.4) is 0 Å². The van der Waals surface area contributed by atoms with Gasteiger partial charge in [-0.1, -0.05) is 43.7 Å². The first kappa shape index (κ1) is 18.9. The normalized spacial score (nSPS) is 15.2. The summed E-state index contributed by atoms with van der Waals surface area (Å²) in [4.78, 5) is 4.87. The first-order valence-corrected chi connectivity index (χ1v) is 10.4. The number of rotatable bonds is 7. The number of unbranched alkanes of at least 4 members (excludes halogenated alkanes) is 1. The Hall–Kier alpha value is -2.40. The maximum atomic E-state index is 6.28. The molecule has 0 radical (unpaired) electrons. The van der Waals surface area contributed by atoms with Crippen LogP contribution in [0.4, 0.5) is 0 Å². The highest BCUT2D eigenvalue weighted by Crippen LogP contribution is 2.30. The minimum atomic E-state index is 0.442. The number of benzene rings is 1. The van der Waals surface area contributed by atoms with E-state index in [1.165, 1.54) is 5.56 Å². The molecular weight excluding hydrogens is 350 g/mol. The molecule has 1 aliphatic rings. The molecule has 1 aromatic carbocycles. The molecule has 0 aliphatic carbocycles. The second-order valence-corrected chi connectivity index (χ2v) is 7.57. The van der Waals surface area contributed by atoms with Gasteiger partial charge in [0.2, 0.25) is 5.88 Å². The molecular formula is C23H29N3O2. The second-order valence-electron chi connectivity index (χ2n) is 7.57. The number of aryl methyl sites for hydroxylation is 1. The fourth-order valence-corrected chi connectivity index (χ4v) is 3.80. The van der Waals surface area contributed by atoms with E-state index in [1.807, 2.05) is 10.6 Å². The lowest BCUT2D eigenvalue weighted by atomic mass is 9.97. The average Bonchev–Trinajstić information content (AvgIpc) is 3.15. The third kappa shape index (κ3) is 4.04. The average molecular weight is 380 g/mol. The van der Waals surface area contributed by atoms with Crippen LogP contribution in [0.25, 0.3) is 5.65 Å². The molecule has 148 valence electrons. The van der Waals surface area contributed by atoms with Crippen LogP contribution in [-0.2, 0) is 11.2 Å². The molecule has 0 atom stereocenters. The molecule has 5 nitrogen and oxygen atoms in total. The summed E-state index contributed by atoms with van der Waals surface area (Å²) in [6.45, 7) is 6.57. The van der Waals surface area contributed by atoms with Gasteiger partial charge >= 0.3 is 0 Å². The number of fused-ring (bicyclic) bond motifs is 1. The SMILES string of the molecule is CCCCOc1c(Cc2ccccc2)c(C)nc2cc(C3CCOCC3)nn12. The van der Waals surface area contributed by atoms with Crippen molar-refractivity contribution in [2.24, 2.45) is 0 Å². The predicted molar refractivity (Wildman–Crippen MR) is 110 cm³/mol. The van der Waals surface area contributed by atoms with Crippen LogP contribution in [-0.4, -0.2) is 34.4 Å². The van der Waals surface area contributed by atoms with E-state index in [2.05, 4.69) is 44.2 Å². The van der Waals surface area contributed by atoms with Crippen molar-refractivity contribution in [1.82, 2.24) is 14.6 Å². The van der Waals surface area contributed by atoms with Gasteiger partial charge in [-0.3, -0.25) is 0 Å². The molecule has 1 aliphatic heterocycles. The standard InChI is InChI=1S/C23H29N3O2/c1-3-4-12-28-23-20(15-18-8-6-5-7-9-18)17(2)24-22-16-21(25-26(22)23)19-10-13-27-14-11-19/h5-9,16,19H,3-4,10-15H2,1-2H3. The molecule has 1 fully saturated rings. The fourth-order valence-electron chi connectivity index (χ4n) is 3.80. The molecule has 0 bridgehead atoms. The maximum Gasteiger partial charge on any atom is 0.221 e.